The number of aryl methyl sites for hydroxylation is 3. The Kier molecular flexibility index (Phi) is 4.03. The average molecular weight is 243 g/mol. The van der Waals surface area contributed by atoms with Crippen molar-refractivity contribution >= 4 is 5.69 Å². The van der Waals surface area contributed by atoms with Crippen LogP contribution >= 0.6 is 0 Å². The summed E-state index contributed by atoms with van der Waals surface area (Å²) >= 11 is 0. The summed E-state index contributed by atoms with van der Waals surface area (Å²) < 4.78 is 2.15. The van der Waals surface area contributed by atoms with Crippen LogP contribution in [0.4, 0.5) is 5.69 Å². The first-order chi connectivity index (χ1) is 8.74. The molecular weight excluding hydrogens is 222 g/mol. The molecule has 2 aromatic rings. The van der Waals surface area contributed by atoms with Crippen molar-refractivity contribution < 1.29 is 0 Å². The number of nitrogens with zero attached hydrogens (tertiary/aromatic N) is 2. The molecular formula is C15H21N3. The fourth-order valence-electron chi connectivity index (χ4n) is 2.18. The molecule has 18 heavy (non-hydrogen) atoms. The van der Waals surface area contributed by atoms with Crippen LogP contribution in [0.25, 0.3) is 0 Å². The van der Waals surface area contributed by atoms with E-state index in [2.05, 4.69) is 53.8 Å². The van der Waals surface area contributed by atoms with Gasteiger partial charge in [-0.1, -0.05) is 13.0 Å². The van der Waals surface area contributed by atoms with Gasteiger partial charge in [-0.3, -0.25) is 0 Å². The minimum absolute atomic E-state index is 0.818. The predicted octanol–water partition coefficient (Wildman–Crippen LogP) is 3.39. The van der Waals surface area contributed by atoms with Crippen LogP contribution in [0.15, 0.2) is 30.7 Å². The first-order valence-corrected chi connectivity index (χ1v) is 6.57. The fourth-order valence-corrected chi connectivity index (χ4v) is 2.18. The SMILES string of the molecule is CCc1ccc(NCc2cncn2CC)cc1C. The summed E-state index contributed by atoms with van der Waals surface area (Å²) in [7, 11) is 0. The van der Waals surface area contributed by atoms with Gasteiger partial charge in [0.2, 0.25) is 0 Å². The number of hydrogen-bond donors (Lipinski definition) is 1. The molecule has 96 valence electrons. The van der Waals surface area contributed by atoms with Gasteiger partial charge in [0.25, 0.3) is 0 Å². The van der Waals surface area contributed by atoms with Crippen molar-refractivity contribution in [3.8, 4) is 0 Å². The Balaban J connectivity index is 2.04. The summed E-state index contributed by atoms with van der Waals surface area (Å²) in [6.45, 7) is 8.27. The molecule has 0 aliphatic rings. The molecule has 0 atom stereocenters. The number of imidazole rings is 1. The highest BCUT2D eigenvalue weighted by Gasteiger charge is 2.01. The van der Waals surface area contributed by atoms with Gasteiger partial charge in [-0.05, 0) is 43.5 Å². The lowest BCUT2D eigenvalue weighted by Crippen LogP contribution is -2.06. The molecule has 0 fully saturated rings. The number of anilines is 1. The molecule has 0 saturated carbocycles. The molecule has 0 radical (unpaired) electrons. The van der Waals surface area contributed by atoms with Crippen LogP contribution in [-0.2, 0) is 19.5 Å². The van der Waals surface area contributed by atoms with Gasteiger partial charge in [0.05, 0.1) is 18.6 Å². The molecule has 1 aromatic carbocycles. The van der Waals surface area contributed by atoms with Crippen molar-refractivity contribution in [2.24, 2.45) is 0 Å². The second-order valence-corrected chi connectivity index (χ2v) is 4.52. The number of aromatic nitrogens is 2. The van der Waals surface area contributed by atoms with Gasteiger partial charge < -0.3 is 9.88 Å². The molecule has 0 amide bonds. The number of rotatable bonds is 5. The highest BCUT2D eigenvalue weighted by molar-refractivity contribution is 5.48. The third kappa shape index (κ3) is 2.73. The van der Waals surface area contributed by atoms with Crippen LogP contribution in [0.1, 0.15) is 30.7 Å². The molecule has 0 saturated heterocycles. The van der Waals surface area contributed by atoms with E-state index in [1.54, 1.807) is 0 Å². The lowest BCUT2D eigenvalue weighted by atomic mass is 10.1. The minimum atomic E-state index is 0.818. The zero-order valence-corrected chi connectivity index (χ0v) is 11.4. The van der Waals surface area contributed by atoms with E-state index in [0.29, 0.717) is 0 Å². The third-order valence-electron chi connectivity index (χ3n) is 3.34. The first-order valence-electron chi connectivity index (χ1n) is 6.57. The van der Waals surface area contributed by atoms with Crippen molar-refractivity contribution in [3.05, 3.63) is 47.5 Å². The standard InChI is InChI=1S/C15H21N3/c1-4-13-6-7-14(8-12(13)3)17-10-15-9-16-11-18(15)5-2/h6-9,11,17H,4-5,10H2,1-3H3. The topological polar surface area (TPSA) is 29.9 Å². The Hall–Kier alpha value is -1.77. The third-order valence-corrected chi connectivity index (χ3v) is 3.34. The van der Waals surface area contributed by atoms with E-state index in [0.717, 1.165) is 19.5 Å². The average Bonchev–Trinajstić information content (AvgIpc) is 2.84. The quantitative estimate of drug-likeness (QED) is 0.872. The van der Waals surface area contributed by atoms with Gasteiger partial charge >= 0.3 is 0 Å². The van der Waals surface area contributed by atoms with Gasteiger partial charge in [0.1, 0.15) is 0 Å². The Morgan fingerprint density at radius 2 is 2.11 bits per heavy atom. The highest BCUT2D eigenvalue weighted by atomic mass is 15.1. The van der Waals surface area contributed by atoms with E-state index < -0.39 is 0 Å². The van der Waals surface area contributed by atoms with Gasteiger partial charge in [0, 0.05) is 18.4 Å². The summed E-state index contributed by atoms with van der Waals surface area (Å²) in [5.41, 5.74) is 5.16. The van der Waals surface area contributed by atoms with E-state index in [1.165, 1.54) is 22.5 Å². The van der Waals surface area contributed by atoms with Crippen LogP contribution in [0, 0.1) is 6.92 Å². The lowest BCUT2D eigenvalue weighted by Gasteiger charge is -2.10. The van der Waals surface area contributed by atoms with Crippen molar-refractivity contribution in [3.63, 3.8) is 0 Å². The van der Waals surface area contributed by atoms with E-state index in [4.69, 9.17) is 0 Å². The highest BCUT2D eigenvalue weighted by Crippen LogP contribution is 2.16. The van der Waals surface area contributed by atoms with Crippen LogP contribution in [0.3, 0.4) is 0 Å². The van der Waals surface area contributed by atoms with E-state index in [9.17, 15) is 0 Å². The monoisotopic (exact) mass is 243 g/mol. The van der Waals surface area contributed by atoms with Crippen LogP contribution < -0.4 is 5.32 Å². The molecule has 0 aliphatic carbocycles. The second kappa shape index (κ2) is 5.71. The molecule has 3 heteroatoms. The maximum Gasteiger partial charge on any atom is 0.0948 e. The van der Waals surface area contributed by atoms with Crippen LogP contribution in [0.5, 0.6) is 0 Å². The molecule has 0 spiro atoms. The molecule has 3 nitrogen and oxygen atoms in total. The summed E-state index contributed by atoms with van der Waals surface area (Å²) in [5.74, 6) is 0. The molecule has 1 heterocycles. The number of benzene rings is 1. The summed E-state index contributed by atoms with van der Waals surface area (Å²) in [5, 5.41) is 3.45. The summed E-state index contributed by atoms with van der Waals surface area (Å²) in [4.78, 5) is 4.17. The smallest absolute Gasteiger partial charge is 0.0948 e. The van der Waals surface area contributed by atoms with E-state index in [1.807, 2.05) is 12.5 Å². The number of nitrogens with one attached hydrogen (secondary N) is 1. The van der Waals surface area contributed by atoms with Gasteiger partial charge in [-0.2, -0.15) is 0 Å². The Morgan fingerprint density at radius 3 is 2.78 bits per heavy atom. The van der Waals surface area contributed by atoms with Gasteiger partial charge in [0.15, 0.2) is 0 Å². The van der Waals surface area contributed by atoms with Crippen molar-refractivity contribution in [2.45, 2.75) is 40.3 Å². The minimum Gasteiger partial charge on any atom is -0.379 e. The molecule has 1 N–H and O–H groups in total. The molecule has 2 rings (SSSR count). The van der Waals surface area contributed by atoms with Crippen molar-refractivity contribution in [1.29, 1.82) is 0 Å². The maximum absolute atomic E-state index is 4.17. The van der Waals surface area contributed by atoms with Gasteiger partial charge in [-0.15, -0.1) is 0 Å². The van der Waals surface area contributed by atoms with E-state index in [-0.39, 0.29) is 0 Å². The first kappa shape index (κ1) is 12.7. The van der Waals surface area contributed by atoms with E-state index >= 15 is 0 Å². The maximum atomic E-state index is 4.17. The zero-order valence-electron chi connectivity index (χ0n) is 11.4. The largest absolute Gasteiger partial charge is 0.379 e. The summed E-state index contributed by atoms with van der Waals surface area (Å²) in [6.07, 6.45) is 4.89. The van der Waals surface area contributed by atoms with Gasteiger partial charge in [-0.25, -0.2) is 4.98 Å². The Bertz CT molecular complexity index is 514. The predicted molar refractivity (Wildman–Crippen MR) is 75.8 cm³/mol. The lowest BCUT2D eigenvalue weighted by molar-refractivity contribution is 0.719. The van der Waals surface area contributed by atoms with Crippen molar-refractivity contribution in [2.75, 3.05) is 5.32 Å². The molecule has 0 aliphatic heterocycles. The molecule has 0 bridgehead atoms. The van der Waals surface area contributed by atoms with Crippen LogP contribution in [0.2, 0.25) is 0 Å². The van der Waals surface area contributed by atoms with Crippen LogP contribution in [-0.4, -0.2) is 9.55 Å². The molecule has 0 unspecified atom stereocenters. The Morgan fingerprint density at radius 1 is 1.28 bits per heavy atom. The van der Waals surface area contributed by atoms with Crippen molar-refractivity contribution in [1.82, 2.24) is 9.55 Å². The Labute approximate surface area is 109 Å². The molecule has 1 aromatic heterocycles. The normalized spacial score (nSPS) is 10.6. The zero-order chi connectivity index (χ0) is 13.0. The fraction of sp³-hybridized carbons (Fsp3) is 0.400. The summed E-state index contributed by atoms with van der Waals surface area (Å²) in [6, 6.07) is 6.57. The number of hydrogen-bond acceptors (Lipinski definition) is 2. The second-order valence-electron chi connectivity index (χ2n) is 4.52.